The van der Waals surface area contributed by atoms with Gasteiger partial charge in [0.15, 0.2) is 5.82 Å². The van der Waals surface area contributed by atoms with Gasteiger partial charge < -0.3 is 5.32 Å². The molecule has 140 valence electrons. The molecule has 0 aliphatic heterocycles. The molecule has 1 N–H and O–H groups in total. The van der Waals surface area contributed by atoms with Crippen LogP contribution in [-0.4, -0.2) is 30.5 Å². The summed E-state index contributed by atoms with van der Waals surface area (Å²) < 4.78 is 3.73. The zero-order chi connectivity index (χ0) is 18.8. The van der Waals surface area contributed by atoms with Crippen molar-refractivity contribution in [2.24, 2.45) is 0 Å². The molecule has 0 fully saturated rings. The van der Waals surface area contributed by atoms with E-state index in [0.29, 0.717) is 5.56 Å². The molecule has 3 aromatic heterocycles. The molecule has 3 aromatic rings. The van der Waals surface area contributed by atoms with Gasteiger partial charge in [0.25, 0.3) is 5.91 Å². The normalized spacial score (nSPS) is 16.1. The largest absolute Gasteiger partial charge is 0.345 e. The molecule has 0 unspecified atom stereocenters. The summed E-state index contributed by atoms with van der Waals surface area (Å²) in [7, 11) is 0. The molecule has 4 rings (SSSR count). The van der Waals surface area contributed by atoms with Gasteiger partial charge in [-0.05, 0) is 44.7 Å². The van der Waals surface area contributed by atoms with Gasteiger partial charge in [-0.15, -0.1) is 0 Å². The minimum Gasteiger partial charge on any atom is -0.345 e. The Bertz CT molecular complexity index is 943. The molecule has 1 amide bonds. The van der Waals surface area contributed by atoms with Gasteiger partial charge in [0.1, 0.15) is 0 Å². The van der Waals surface area contributed by atoms with Gasteiger partial charge >= 0.3 is 0 Å². The van der Waals surface area contributed by atoms with Crippen molar-refractivity contribution in [1.82, 2.24) is 29.9 Å². The van der Waals surface area contributed by atoms with Crippen LogP contribution in [0.2, 0.25) is 0 Å². The lowest BCUT2D eigenvalue weighted by atomic mass is 9.92. The number of nitrogens with zero attached hydrogens (tertiary/aromatic N) is 5. The third-order valence-corrected chi connectivity index (χ3v) is 5.00. The molecule has 1 aliphatic carbocycles. The number of fused-ring (bicyclic) bond motifs is 1. The fourth-order valence-corrected chi connectivity index (χ4v) is 3.70. The molecule has 0 bridgehead atoms. The number of aromatic nitrogens is 5. The summed E-state index contributed by atoms with van der Waals surface area (Å²) in [4.78, 5) is 17.2. The van der Waals surface area contributed by atoms with Gasteiger partial charge in [0.2, 0.25) is 0 Å². The van der Waals surface area contributed by atoms with Crippen molar-refractivity contribution in [3.8, 4) is 5.82 Å². The van der Waals surface area contributed by atoms with Crippen LogP contribution in [-0.2, 0) is 13.0 Å². The predicted octanol–water partition coefficient (Wildman–Crippen LogP) is 2.99. The van der Waals surface area contributed by atoms with E-state index in [4.69, 9.17) is 0 Å². The first kappa shape index (κ1) is 17.5. The van der Waals surface area contributed by atoms with E-state index in [1.54, 1.807) is 6.20 Å². The predicted molar refractivity (Wildman–Crippen MR) is 102 cm³/mol. The maximum absolute atomic E-state index is 12.8. The van der Waals surface area contributed by atoms with Crippen molar-refractivity contribution in [2.75, 3.05) is 0 Å². The number of carbonyl (C=O) groups is 1. The lowest BCUT2D eigenvalue weighted by molar-refractivity contribution is 0.0932. The minimum atomic E-state index is -0.0710. The topological polar surface area (TPSA) is 77.6 Å². The SMILES string of the molecule is CCCn1cc(C(=O)N[C@@H]2CCCc3c2cnn3-c2ccccn2)c(C)n1. The van der Waals surface area contributed by atoms with E-state index >= 15 is 0 Å². The number of aryl methyl sites for hydroxylation is 2. The van der Waals surface area contributed by atoms with Gasteiger partial charge in [0.05, 0.1) is 29.2 Å². The molecule has 1 aliphatic rings. The van der Waals surface area contributed by atoms with Crippen LogP contribution in [0, 0.1) is 6.92 Å². The first-order valence-electron chi connectivity index (χ1n) is 9.50. The highest BCUT2D eigenvalue weighted by Gasteiger charge is 2.27. The van der Waals surface area contributed by atoms with E-state index in [1.807, 2.05) is 46.9 Å². The summed E-state index contributed by atoms with van der Waals surface area (Å²) in [6.45, 7) is 4.80. The summed E-state index contributed by atoms with van der Waals surface area (Å²) in [6.07, 6.45) is 9.31. The van der Waals surface area contributed by atoms with Crippen LogP contribution < -0.4 is 5.32 Å². The first-order chi connectivity index (χ1) is 13.2. The smallest absolute Gasteiger partial charge is 0.255 e. The molecule has 0 radical (unpaired) electrons. The Kier molecular flexibility index (Phi) is 4.75. The van der Waals surface area contributed by atoms with E-state index in [-0.39, 0.29) is 11.9 Å². The number of hydrogen-bond acceptors (Lipinski definition) is 4. The highest BCUT2D eigenvalue weighted by molar-refractivity contribution is 5.95. The summed E-state index contributed by atoms with van der Waals surface area (Å²) >= 11 is 0. The van der Waals surface area contributed by atoms with Gasteiger partial charge in [0, 0.05) is 24.5 Å². The molecule has 7 heteroatoms. The fourth-order valence-electron chi connectivity index (χ4n) is 3.70. The van der Waals surface area contributed by atoms with Crippen LogP contribution in [0.1, 0.15) is 59.5 Å². The molecule has 0 spiro atoms. The van der Waals surface area contributed by atoms with Crippen LogP contribution in [0.25, 0.3) is 5.82 Å². The second kappa shape index (κ2) is 7.34. The van der Waals surface area contributed by atoms with Gasteiger partial charge in [-0.1, -0.05) is 13.0 Å². The lowest BCUT2D eigenvalue weighted by Crippen LogP contribution is -2.31. The molecular weight excluding hydrogens is 340 g/mol. The third kappa shape index (κ3) is 3.37. The van der Waals surface area contributed by atoms with E-state index in [1.165, 1.54) is 0 Å². The average Bonchev–Trinajstić information content (AvgIpc) is 3.27. The van der Waals surface area contributed by atoms with Crippen molar-refractivity contribution in [2.45, 2.75) is 52.1 Å². The molecule has 7 nitrogen and oxygen atoms in total. The highest BCUT2D eigenvalue weighted by Crippen LogP contribution is 2.31. The lowest BCUT2D eigenvalue weighted by Gasteiger charge is -2.24. The Morgan fingerprint density at radius 1 is 1.37 bits per heavy atom. The Balaban J connectivity index is 1.57. The molecule has 3 heterocycles. The van der Waals surface area contributed by atoms with Crippen LogP contribution in [0.15, 0.2) is 36.8 Å². The zero-order valence-corrected chi connectivity index (χ0v) is 15.7. The van der Waals surface area contributed by atoms with Crippen molar-refractivity contribution in [1.29, 1.82) is 0 Å². The molecule has 0 aromatic carbocycles. The van der Waals surface area contributed by atoms with Crippen LogP contribution in [0.5, 0.6) is 0 Å². The highest BCUT2D eigenvalue weighted by atomic mass is 16.1. The van der Waals surface area contributed by atoms with Crippen LogP contribution in [0.3, 0.4) is 0 Å². The Morgan fingerprint density at radius 2 is 2.26 bits per heavy atom. The second-order valence-corrected chi connectivity index (χ2v) is 6.96. The van der Waals surface area contributed by atoms with Gasteiger partial charge in [-0.2, -0.15) is 10.2 Å². The molecular formula is C20H24N6O. The molecule has 1 atom stereocenters. The summed E-state index contributed by atoms with van der Waals surface area (Å²) in [5.74, 6) is 0.737. The molecule has 0 saturated carbocycles. The third-order valence-electron chi connectivity index (χ3n) is 5.00. The quantitative estimate of drug-likeness (QED) is 0.755. The van der Waals surface area contributed by atoms with E-state index in [0.717, 1.165) is 55.0 Å². The minimum absolute atomic E-state index is 0.0346. The number of hydrogen-bond donors (Lipinski definition) is 1. The van der Waals surface area contributed by atoms with Crippen LogP contribution >= 0.6 is 0 Å². The summed E-state index contributed by atoms with van der Waals surface area (Å²) in [5.41, 5.74) is 3.62. The number of nitrogens with one attached hydrogen (secondary N) is 1. The van der Waals surface area contributed by atoms with Gasteiger partial charge in [-0.3, -0.25) is 9.48 Å². The van der Waals surface area contributed by atoms with E-state index in [2.05, 4.69) is 27.4 Å². The number of carbonyl (C=O) groups excluding carboxylic acids is 1. The summed E-state index contributed by atoms with van der Waals surface area (Å²) in [6, 6.07) is 5.76. The fraction of sp³-hybridized carbons (Fsp3) is 0.400. The van der Waals surface area contributed by atoms with Crippen molar-refractivity contribution in [3.05, 3.63) is 59.3 Å². The maximum Gasteiger partial charge on any atom is 0.255 e. The number of pyridine rings is 1. The van der Waals surface area contributed by atoms with E-state index < -0.39 is 0 Å². The maximum atomic E-state index is 12.8. The number of rotatable bonds is 5. The average molecular weight is 364 g/mol. The monoisotopic (exact) mass is 364 g/mol. The second-order valence-electron chi connectivity index (χ2n) is 6.96. The van der Waals surface area contributed by atoms with Crippen molar-refractivity contribution < 1.29 is 4.79 Å². The van der Waals surface area contributed by atoms with Crippen LogP contribution in [0.4, 0.5) is 0 Å². The van der Waals surface area contributed by atoms with E-state index in [9.17, 15) is 4.79 Å². The first-order valence-corrected chi connectivity index (χ1v) is 9.50. The van der Waals surface area contributed by atoms with Crippen molar-refractivity contribution in [3.63, 3.8) is 0 Å². The Hall–Kier alpha value is -2.96. The Morgan fingerprint density at radius 3 is 3.04 bits per heavy atom. The Labute approximate surface area is 158 Å². The van der Waals surface area contributed by atoms with Gasteiger partial charge in [-0.25, -0.2) is 9.67 Å². The standard InChI is InChI=1S/C20H24N6O/c1-3-11-25-13-16(14(2)24-25)20(27)23-17-7-6-8-18-15(17)12-22-26(18)19-9-4-5-10-21-19/h4-5,9-10,12-13,17H,3,6-8,11H2,1-2H3,(H,23,27)/t17-/m1/s1. The molecule has 0 saturated heterocycles. The number of amides is 1. The zero-order valence-electron chi connectivity index (χ0n) is 15.7. The summed E-state index contributed by atoms with van der Waals surface area (Å²) in [5, 5.41) is 12.2. The van der Waals surface area contributed by atoms with Crippen molar-refractivity contribution >= 4 is 5.91 Å². The molecule has 27 heavy (non-hydrogen) atoms.